The smallest absolute Gasteiger partial charge is 0.302 e. The summed E-state index contributed by atoms with van der Waals surface area (Å²) in [6.45, 7) is 10.5. The van der Waals surface area contributed by atoms with Crippen LogP contribution in [0, 0.1) is 52.8 Å². The Kier molecular flexibility index (Phi) is 7.01. The Morgan fingerprint density at radius 1 is 1.19 bits per heavy atom. The largest absolute Gasteiger partial charge is 0.494 e. The van der Waals surface area contributed by atoms with Gasteiger partial charge in [-0.1, -0.05) is 31.4 Å². The zero-order valence-corrected chi connectivity index (χ0v) is 23.3. The fourth-order valence-corrected chi connectivity index (χ4v) is 9.28. The average Bonchev–Trinajstić information content (AvgIpc) is 3.32. The number of fused-ring (bicyclic) bond motifs is 7. The van der Waals surface area contributed by atoms with Crippen molar-refractivity contribution in [1.82, 2.24) is 0 Å². The predicted octanol–water partition coefficient (Wildman–Crippen LogP) is 6.37. The fourth-order valence-electron chi connectivity index (χ4n) is 9.28. The Morgan fingerprint density at radius 2 is 1.97 bits per heavy atom. The summed E-state index contributed by atoms with van der Waals surface area (Å²) in [6.07, 6.45) is 18.0. The van der Waals surface area contributed by atoms with E-state index in [0.29, 0.717) is 23.7 Å². The summed E-state index contributed by atoms with van der Waals surface area (Å²) in [4.78, 5) is 22.7. The number of hydrogen-bond donors (Lipinski definition) is 0. The van der Waals surface area contributed by atoms with Gasteiger partial charge in [0.15, 0.2) is 0 Å². The minimum atomic E-state index is -0.284. The summed E-state index contributed by atoms with van der Waals surface area (Å²) >= 11 is 0. The second kappa shape index (κ2) is 9.83. The second-order valence-corrected chi connectivity index (χ2v) is 13.0. The monoisotopic (exact) mass is 508 g/mol. The van der Waals surface area contributed by atoms with E-state index in [1.165, 1.54) is 32.3 Å². The van der Waals surface area contributed by atoms with Crippen molar-refractivity contribution in [3.63, 3.8) is 0 Å². The van der Waals surface area contributed by atoms with Crippen LogP contribution in [-0.2, 0) is 23.8 Å². The molecule has 9 atom stereocenters. The van der Waals surface area contributed by atoms with Crippen LogP contribution in [0.3, 0.4) is 0 Å². The van der Waals surface area contributed by atoms with Gasteiger partial charge in [0.25, 0.3) is 0 Å². The molecule has 0 amide bonds. The van der Waals surface area contributed by atoms with E-state index in [-0.39, 0.29) is 47.5 Å². The van der Waals surface area contributed by atoms with Crippen molar-refractivity contribution in [3.05, 3.63) is 23.0 Å². The average molecular weight is 509 g/mol. The molecule has 4 aliphatic carbocycles. The molecule has 5 aliphatic rings. The fraction of sp³-hybridized carbons (Fsp3) is 0.750. The first-order chi connectivity index (χ1) is 17.6. The molecule has 5 nitrogen and oxygen atoms in total. The molecule has 6 unspecified atom stereocenters. The normalized spacial score (nSPS) is 40.7. The molecule has 1 heterocycles. The first kappa shape index (κ1) is 26.4. The maximum Gasteiger partial charge on any atom is 0.302 e. The van der Waals surface area contributed by atoms with Crippen molar-refractivity contribution in [3.8, 4) is 12.3 Å². The molecule has 1 aliphatic heterocycles. The Labute approximate surface area is 222 Å². The zero-order valence-electron chi connectivity index (χ0n) is 23.3. The molecule has 0 aromatic rings. The zero-order chi connectivity index (χ0) is 26.5. The number of allylic oxidation sites excluding steroid dienone is 2. The van der Waals surface area contributed by atoms with Crippen LogP contribution in [-0.4, -0.2) is 30.8 Å². The molecule has 0 saturated heterocycles. The van der Waals surface area contributed by atoms with Crippen LogP contribution in [0.25, 0.3) is 0 Å². The molecule has 0 bridgehead atoms. The van der Waals surface area contributed by atoms with E-state index < -0.39 is 0 Å². The summed E-state index contributed by atoms with van der Waals surface area (Å²) in [5, 5.41) is 0. The summed E-state index contributed by atoms with van der Waals surface area (Å²) in [5.74, 6) is 5.98. The van der Waals surface area contributed by atoms with E-state index in [4.69, 9.17) is 20.6 Å². The van der Waals surface area contributed by atoms with Crippen LogP contribution in [0.2, 0.25) is 0 Å². The number of esters is 2. The number of terminal acetylenes is 1. The highest BCUT2D eigenvalue weighted by molar-refractivity contribution is 5.66. The van der Waals surface area contributed by atoms with Crippen molar-refractivity contribution in [1.29, 1.82) is 0 Å². The predicted molar refractivity (Wildman–Crippen MR) is 142 cm³/mol. The van der Waals surface area contributed by atoms with E-state index in [9.17, 15) is 9.59 Å². The molecule has 0 aromatic heterocycles. The van der Waals surface area contributed by atoms with E-state index in [0.717, 1.165) is 50.7 Å². The maximum atomic E-state index is 11.5. The lowest BCUT2D eigenvalue weighted by molar-refractivity contribution is -0.148. The number of ether oxygens (including phenoxy) is 3. The van der Waals surface area contributed by atoms with Crippen LogP contribution in [0.15, 0.2) is 23.0 Å². The third-order valence-electron chi connectivity index (χ3n) is 11.0. The highest BCUT2D eigenvalue weighted by Gasteiger charge is 2.63. The van der Waals surface area contributed by atoms with Crippen LogP contribution in [0.5, 0.6) is 0 Å². The third-order valence-corrected chi connectivity index (χ3v) is 11.0. The van der Waals surface area contributed by atoms with Crippen LogP contribution >= 0.6 is 0 Å². The molecule has 0 aromatic carbocycles. The van der Waals surface area contributed by atoms with Crippen molar-refractivity contribution in [2.24, 2.45) is 40.4 Å². The Bertz CT molecular complexity index is 1050. The standard InChI is InChI=1S/C32H44O5/c1-7-22(18-35-20(3)33)8-11-28-19(2)30-29(37-28)17-27-25-10-9-23-16-24(36-21(4)34)12-14-31(23,5)26(25)13-15-32(27,30)6/h1,9,22,24-27,29-30H,8,10-18H2,2-6H3/t22-,24-,25?,26?,27?,29?,30?,31?,32-/m0/s1. The lowest BCUT2D eigenvalue weighted by atomic mass is 9.47. The Balaban J connectivity index is 1.29. The van der Waals surface area contributed by atoms with Crippen molar-refractivity contribution in [2.45, 2.75) is 105 Å². The molecule has 5 heteroatoms. The molecular weight excluding hydrogens is 464 g/mol. The summed E-state index contributed by atoms with van der Waals surface area (Å²) in [6, 6.07) is 0. The first-order valence-corrected chi connectivity index (χ1v) is 14.4. The summed E-state index contributed by atoms with van der Waals surface area (Å²) < 4.78 is 17.4. The lowest BCUT2D eigenvalue weighted by Gasteiger charge is -2.58. The van der Waals surface area contributed by atoms with Crippen molar-refractivity contribution < 1.29 is 23.8 Å². The number of carbonyl (C=O) groups excluding carboxylic acids is 2. The lowest BCUT2D eigenvalue weighted by Crippen LogP contribution is -2.50. The van der Waals surface area contributed by atoms with E-state index in [1.54, 1.807) is 5.57 Å². The van der Waals surface area contributed by atoms with Crippen LogP contribution < -0.4 is 0 Å². The van der Waals surface area contributed by atoms with Crippen molar-refractivity contribution in [2.75, 3.05) is 6.61 Å². The van der Waals surface area contributed by atoms with Gasteiger partial charge >= 0.3 is 11.9 Å². The molecule has 37 heavy (non-hydrogen) atoms. The second-order valence-electron chi connectivity index (χ2n) is 13.0. The number of carbonyl (C=O) groups is 2. The van der Waals surface area contributed by atoms with Gasteiger partial charge in [-0.05, 0) is 86.0 Å². The molecule has 5 rings (SSSR count). The van der Waals surface area contributed by atoms with Crippen LogP contribution in [0.1, 0.15) is 92.4 Å². The van der Waals surface area contributed by atoms with Gasteiger partial charge in [-0.3, -0.25) is 9.59 Å². The molecule has 3 fully saturated rings. The molecule has 3 saturated carbocycles. The molecule has 0 N–H and O–H groups in total. The molecule has 0 radical (unpaired) electrons. The van der Waals surface area contributed by atoms with Gasteiger partial charge in [0.05, 0.1) is 11.7 Å². The molecule has 0 spiro atoms. The molecule has 202 valence electrons. The molecular formula is C32H44O5. The third kappa shape index (κ3) is 4.53. The Hall–Kier alpha value is -2.22. The van der Waals surface area contributed by atoms with Gasteiger partial charge in [0.2, 0.25) is 0 Å². The minimum Gasteiger partial charge on any atom is -0.494 e. The maximum absolute atomic E-state index is 11.5. The van der Waals surface area contributed by atoms with E-state index in [1.807, 2.05) is 0 Å². The minimum absolute atomic E-state index is 0.0516. The van der Waals surface area contributed by atoms with Gasteiger partial charge < -0.3 is 14.2 Å². The van der Waals surface area contributed by atoms with Crippen molar-refractivity contribution >= 4 is 11.9 Å². The van der Waals surface area contributed by atoms with Gasteiger partial charge in [0, 0.05) is 32.6 Å². The number of hydrogen-bond acceptors (Lipinski definition) is 5. The van der Waals surface area contributed by atoms with Gasteiger partial charge in [0.1, 0.15) is 18.8 Å². The van der Waals surface area contributed by atoms with Gasteiger partial charge in [-0.25, -0.2) is 0 Å². The SMILES string of the molecule is C#C[C@@H](CCC1=C(C)C2C(CC3C4CC=C5C[C@@H](OC(C)=O)CCC5(C)C4CC[C@@]32C)O1)COC(C)=O. The highest BCUT2D eigenvalue weighted by atomic mass is 16.5. The quantitative estimate of drug-likeness (QED) is 0.237. The van der Waals surface area contributed by atoms with E-state index in [2.05, 4.69) is 32.8 Å². The first-order valence-electron chi connectivity index (χ1n) is 14.4. The van der Waals surface area contributed by atoms with Gasteiger partial charge in [-0.2, -0.15) is 0 Å². The summed E-state index contributed by atoms with van der Waals surface area (Å²) in [7, 11) is 0. The summed E-state index contributed by atoms with van der Waals surface area (Å²) in [5.41, 5.74) is 3.48. The van der Waals surface area contributed by atoms with Gasteiger partial charge in [-0.15, -0.1) is 6.42 Å². The topological polar surface area (TPSA) is 61.8 Å². The highest BCUT2D eigenvalue weighted by Crippen LogP contribution is 2.69. The number of rotatable bonds is 6. The Morgan fingerprint density at radius 3 is 2.68 bits per heavy atom. The van der Waals surface area contributed by atoms with Crippen LogP contribution in [0.4, 0.5) is 0 Å². The van der Waals surface area contributed by atoms with E-state index >= 15 is 0 Å².